The van der Waals surface area contributed by atoms with Crippen molar-refractivity contribution in [3.63, 3.8) is 0 Å². The number of nitrogens with zero attached hydrogens (tertiary/aromatic N) is 5. The number of nitrogens with one attached hydrogen (secondary N) is 1. The molecule has 0 aliphatic heterocycles. The standard InChI is InChI=1S/C23H18FN7/c24-16-9-6-11-18(13-16)31-21(25)19-20(15-7-2-1-3-8-15)28-23(29-22(19)30-31)27-14-17-10-4-5-12-26-17/h1-13H,14,25H2,(H,27,29,30). The third-order valence-corrected chi connectivity index (χ3v) is 4.82. The van der Waals surface area contributed by atoms with E-state index in [-0.39, 0.29) is 5.82 Å². The minimum atomic E-state index is -0.372. The van der Waals surface area contributed by atoms with E-state index in [1.165, 1.54) is 16.8 Å². The van der Waals surface area contributed by atoms with Crippen molar-refractivity contribution in [3.8, 4) is 16.9 Å². The van der Waals surface area contributed by atoms with Crippen LogP contribution < -0.4 is 11.1 Å². The summed E-state index contributed by atoms with van der Waals surface area (Å²) in [7, 11) is 0. The summed E-state index contributed by atoms with van der Waals surface area (Å²) in [6, 6.07) is 21.5. The van der Waals surface area contributed by atoms with Gasteiger partial charge >= 0.3 is 0 Å². The maximum Gasteiger partial charge on any atom is 0.225 e. The van der Waals surface area contributed by atoms with Crippen molar-refractivity contribution in [1.82, 2.24) is 24.7 Å². The third kappa shape index (κ3) is 3.66. The van der Waals surface area contributed by atoms with Gasteiger partial charge in [0.15, 0.2) is 5.65 Å². The molecule has 8 heteroatoms. The van der Waals surface area contributed by atoms with E-state index in [0.717, 1.165) is 11.3 Å². The zero-order chi connectivity index (χ0) is 21.2. The molecule has 3 N–H and O–H groups in total. The number of halogens is 1. The van der Waals surface area contributed by atoms with Gasteiger partial charge in [0, 0.05) is 11.8 Å². The summed E-state index contributed by atoms with van der Waals surface area (Å²) in [5.74, 6) is 0.375. The highest BCUT2D eigenvalue weighted by Crippen LogP contribution is 2.32. The molecule has 0 radical (unpaired) electrons. The van der Waals surface area contributed by atoms with Gasteiger partial charge in [-0.2, -0.15) is 4.98 Å². The lowest BCUT2D eigenvalue weighted by molar-refractivity contribution is 0.625. The number of benzene rings is 2. The Kier molecular flexibility index (Phi) is 4.72. The fourth-order valence-corrected chi connectivity index (χ4v) is 3.37. The van der Waals surface area contributed by atoms with E-state index in [9.17, 15) is 4.39 Å². The second kappa shape index (κ2) is 7.83. The molecule has 0 unspecified atom stereocenters. The van der Waals surface area contributed by atoms with Crippen LogP contribution in [0.2, 0.25) is 0 Å². The van der Waals surface area contributed by atoms with E-state index in [1.54, 1.807) is 18.3 Å². The van der Waals surface area contributed by atoms with Gasteiger partial charge in [0.1, 0.15) is 11.6 Å². The monoisotopic (exact) mass is 411 g/mol. The third-order valence-electron chi connectivity index (χ3n) is 4.82. The summed E-state index contributed by atoms with van der Waals surface area (Å²) < 4.78 is 15.3. The van der Waals surface area contributed by atoms with Crippen LogP contribution >= 0.6 is 0 Å². The van der Waals surface area contributed by atoms with E-state index in [4.69, 9.17) is 10.7 Å². The number of aromatic nitrogens is 5. The number of nitrogen functional groups attached to an aromatic ring is 1. The molecule has 5 aromatic rings. The van der Waals surface area contributed by atoms with Gasteiger partial charge in [0.2, 0.25) is 5.95 Å². The molecule has 3 heterocycles. The number of pyridine rings is 1. The van der Waals surface area contributed by atoms with Crippen LogP contribution in [0.3, 0.4) is 0 Å². The molecule has 0 saturated carbocycles. The Morgan fingerprint density at radius 2 is 1.77 bits per heavy atom. The average Bonchev–Trinajstić information content (AvgIpc) is 3.15. The molecule has 0 aliphatic carbocycles. The molecule has 0 atom stereocenters. The lowest BCUT2D eigenvalue weighted by atomic mass is 10.1. The van der Waals surface area contributed by atoms with Crippen LogP contribution in [-0.2, 0) is 6.54 Å². The minimum Gasteiger partial charge on any atom is -0.383 e. The molecule has 0 bridgehead atoms. The number of hydrogen-bond acceptors (Lipinski definition) is 6. The van der Waals surface area contributed by atoms with Gasteiger partial charge in [-0.25, -0.2) is 14.1 Å². The maximum absolute atomic E-state index is 13.8. The fourth-order valence-electron chi connectivity index (χ4n) is 3.37. The second-order valence-corrected chi connectivity index (χ2v) is 6.91. The fraction of sp³-hybridized carbons (Fsp3) is 0.0435. The van der Waals surface area contributed by atoms with Crippen molar-refractivity contribution in [3.05, 3.63) is 90.5 Å². The quantitative estimate of drug-likeness (QED) is 0.450. The lowest BCUT2D eigenvalue weighted by Crippen LogP contribution is -2.06. The highest BCUT2D eigenvalue weighted by atomic mass is 19.1. The average molecular weight is 411 g/mol. The SMILES string of the molecule is Nc1c2c(-c3ccccc3)nc(NCc3ccccn3)nc2nn1-c1cccc(F)c1. The molecule has 152 valence electrons. The van der Waals surface area contributed by atoms with Gasteiger partial charge in [-0.05, 0) is 30.3 Å². The summed E-state index contributed by atoms with van der Waals surface area (Å²) in [5, 5.41) is 8.36. The molecule has 5 rings (SSSR count). The first-order chi connectivity index (χ1) is 15.2. The summed E-state index contributed by atoms with van der Waals surface area (Å²) >= 11 is 0. The Balaban J connectivity index is 1.65. The molecule has 0 aliphatic rings. The van der Waals surface area contributed by atoms with Crippen molar-refractivity contribution in [2.75, 3.05) is 11.1 Å². The molecule has 0 spiro atoms. The molecule has 31 heavy (non-hydrogen) atoms. The van der Waals surface area contributed by atoms with Crippen LogP contribution in [0.25, 0.3) is 28.0 Å². The van der Waals surface area contributed by atoms with E-state index in [0.29, 0.717) is 40.7 Å². The summed E-state index contributed by atoms with van der Waals surface area (Å²) in [6.45, 7) is 0.459. The summed E-state index contributed by atoms with van der Waals surface area (Å²) in [4.78, 5) is 13.6. The normalized spacial score (nSPS) is 11.0. The minimum absolute atomic E-state index is 0.343. The molecule has 0 amide bonds. The Morgan fingerprint density at radius 1 is 0.935 bits per heavy atom. The van der Waals surface area contributed by atoms with Crippen LogP contribution in [0.4, 0.5) is 16.2 Å². The zero-order valence-corrected chi connectivity index (χ0v) is 16.4. The van der Waals surface area contributed by atoms with E-state index in [1.807, 2.05) is 48.5 Å². The summed E-state index contributed by atoms with van der Waals surface area (Å²) in [6.07, 6.45) is 1.73. The second-order valence-electron chi connectivity index (χ2n) is 6.91. The number of anilines is 2. The van der Waals surface area contributed by atoms with Crippen LogP contribution in [-0.4, -0.2) is 24.7 Å². The first kappa shape index (κ1) is 18.7. The number of nitrogens with two attached hydrogens (primary N) is 1. The largest absolute Gasteiger partial charge is 0.383 e. The molecular weight excluding hydrogens is 393 g/mol. The van der Waals surface area contributed by atoms with E-state index >= 15 is 0 Å². The van der Waals surface area contributed by atoms with Crippen molar-refractivity contribution in [1.29, 1.82) is 0 Å². The maximum atomic E-state index is 13.8. The molecule has 7 nitrogen and oxygen atoms in total. The highest BCUT2D eigenvalue weighted by molar-refractivity contribution is 5.99. The Hall–Kier alpha value is -4.33. The number of hydrogen-bond donors (Lipinski definition) is 2. The van der Waals surface area contributed by atoms with Crippen molar-refractivity contribution in [2.24, 2.45) is 0 Å². The first-order valence-corrected chi connectivity index (χ1v) is 9.70. The van der Waals surface area contributed by atoms with Crippen LogP contribution in [0, 0.1) is 5.82 Å². The Bertz CT molecular complexity index is 1350. The van der Waals surface area contributed by atoms with Gasteiger partial charge in [0.25, 0.3) is 0 Å². The molecular formula is C23H18FN7. The predicted octanol–water partition coefficient (Wildman–Crippen LogP) is 4.21. The van der Waals surface area contributed by atoms with E-state index in [2.05, 4.69) is 20.4 Å². The summed E-state index contributed by atoms with van der Waals surface area (Å²) in [5.41, 5.74) is 9.75. The van der Waals surface area contributed by atoms with Gasteiger partial charge in [0.05, 0.1) is 29.0 Å². The molecule has 0 fully saturated rings. The highest BCUT2D eigenvalue weighted by Gasteiger charge is 2.19. The van der Waals surface area contributed by atoms with Crippen molar-refractivity contribution in [2.45, 2.75) is 6.54 Å². The predicted molar refractivity (Wildman–Crippen MR) is 118 cm³/mol. The Morgan fingerprint density at radius 3 is 2.55 bits per heavy atom. The molecule has 2 aromatic carbocycles. The number of rotatable bonds is 5. The smallest absolute Gasteiger partial charge is 0.225 e. The Labute approximate surface area is 177 Å². The first-order valence-electron chi connectivity index (χ1n) is 9.70. The topological polar surface area (TPSA) is 94.5 Å². The van der Waals surface area contributed by atoms with Gasteiger partial charge < -0.3 is 11.1 Å². The van der Waals surface area contributed by atoms with Crippen molar-refractivity contribution >= 4 is 22.8 Å². The zero-order valence-electron chi connectivity index (χ0n) is 16.4. The van der Waals surface area contributed by atoms with Crippen LogP contribution in [0.5, 0.6) is 0 Å². The molecule has 0 saturated heterocycles. The van der Waals surface area contributed by atoms with Gasteiger partial charge in [-0.3, -0.25) is 4.98 Å². The molecule has 3 aromatic heterocycles. The van der Waals surface area contributed by atoms with Gasteiger partial charge in [-0.1, -0.05) is 42.5 Å². The van der Waals surface area contributed by atoms with Crippen LogP contribution in [0.15, 0.2) is 79.0 Å². The van der Waals surface area contributed by atoms with E-state index < -0.39 is 0 Å². The van der Waals surface area contributed by atoms with Gasteiger partial charge in [-0.15, -0.1) is 5.10 Å². The van der Waals surface area contributed by atoms with Crippen LogP contribution in [0.1, 0.15) is 5.69 Å². The lowest BCUT2D eigenvalue weighted by Gasteiger charge is -2.08. The van der Waals surface area contributed by atoms with Crippen molar-refractivity contribution < 1.29 is 4.39 Å². The number of fused-ring (bicyclic) bond motifs is 1.